The van der Waals surface area contributed by atoms with Crippen molar-refractivity contribution in [1.29, 1.82) is 0 Å². The van der Waals surface area contributed by atoms with Gasteiger partial charge in [0.2, 0.25) is 5.88 Å². The molecule has 152 valence electrons. The van der Waals surface area contributed by atoms with Crippen LogP contribution in [0.15, 0.2) is 41.8 Å². The molecule has 0 radical (unpaired) electrons. The molecule has 0 spiro atoms. The van der Waals surface area contributed by atoms with E-state index in [0.29, 0.717) is 11.3 Å². The fourth-order valence-electron chi connectivity index (χ4n) is 3.04. The van der Waals surface area contributed by atoms with Crippen LogP contribution < -0.4 is 9.75 Å². The number of hydrogen-bond acceptors (Lipinski definition) is 6. The van der Waals surface area contributed by atoms with Gasteiger partial charge in [0.25, 0.3) is 11.8 Å². The first-order valence-corrected chi connectivity index (χ1v) is 9.02. The van der Waals surface area contributed by atoms with Crippen LogP contribution >= 0.6 is 0 Å². The number of hydrogen-bond donors (Lipinski definition) is 0. The molecule has 1 amide bonds. The van der Waals surface area contributed by atoms with E-state index in [1.165, 1.54) is 44.6 Å². The second-order valence-electron chi connectivity index (χ2n) is 6.64. The minimum absolute atomic E-state index is 0.149. The number of Topliss-reactive ketones (excluding diaryl/α,β-unsaturated/α-hetero) is 1. The zero-order valence-corrected chi connectivity index (χ0v) is 16.2. The van der Waals surface area contributed by atoms with Crippen LogP contribution in [0, 0.1) is 5.92 Å². The Morgan fingerprint density at radius 2 is 2.03 bits per heavy atom. The van der Waals surface area contributed by atoms with Crippen LogP contribution in [0.4, 0.5) is 14.6 Å². The smallest absolute Gasteiger partial charge is 0.273 e. The van der Waals surface area contributed by atoms with Gasteiger partial charge in [0.05, 0.1) is 25.2 Å². The third kappa shape index (κ3) is 4.13. The Hall–Kier alpha value is -3.23. The van der Waals surface area contributed by atoms with Crippen molar-refractivity contribution in [2.75, 3.05) is 12.1 Å². The molecule has 1 aromatic heterocycles. The van der Waals surface area contributed by atoms with E-state index in [0.717, 1.165) is 5.01 Å². The van der Waals surface area contributed by atoms with E-state index in [1.807, 2.05) is 0 Å². The quantitative estimate of drug-likeness (QED) is 0.665. The van der Waals surface area contributed by atoms with Gasteiger partial charge in [0.15, 0.2) is 11.6 Å². The summed E-state index contributed by atoms with van der Waals surface area (Å²) in [6, 6.07) is 5.71. The molecule has 2 aromatic rings. The molecule has 2 heterocycles. The van der Waals surface area contributed by atoms with E-state index in [9.17, 15) is 18.4 Å². The molecular weight excluding hydrogens is 382 g/mol. The van der Waals surface area contributed by atoms with Crippen molar-refractivity contribution < 1.29 is 23.1 Å². The van der Waals surface area contributed by atoms with Crippen LogP contribution in [-0.4, -0.2) is 34.5 Å². The molecule has 3 rings (SSSR count). The number of alkyl halides is 2. The average molecular weight is 402 g/mol. The predicted molar refractivity (Wildman–Crippen MR) is 102 cm³/mol. The first kappa shape index (κ1) is 20.5. The highest BCUT2D eigenvalue weighted by Gasteiger charge is 2.40. The maximum Gasteiger partial charge on any atom is 0.273 e. The average Bonchev–Trinajstić information content (AvgIpc) is 3.02. The number of benzene rings is 1. The number of carbonyl (C=O) groups is 2. The Kier molecular flexibility index (Phi) is 5.67. The van der Waals surface area contributed by atoms with Crippen molar-refractivity contribution >= 4 is 23.2 Å². The van der Waals surface area contributed by atoms with Crippen molar-refractivity contribution in [3.8, 4) is 5.88 Å². The second-order valence-corrected chi connectivity index (χ2v) is 6.64. The summed E-state index contributed by atoms with van der Waals surface area (Å²) >= 11 is 0. The Balaban J connectivity index is 1.77. The molecule has 0 saturated heterocycles. The van der Waals surface area contributed by atoms with Gasteiger partial charge in [-0.2, -0.15) is 10.1 Å². The molecule has 1 aliphatic heterocycles. The third-order valence-corrected chi connectivity index (χ3v) is 4.67. The summed E-state index contributed by atoms with van der Waals surface area (Å²) in [6.45, 7) is 2.96. The first-order valence-electron chi connectivity index (χ1n) is 9.02. The van der Waals surface area contributed by atoms with Crippen molar-refractivity contribution in [2.24, 2.45) is 11.0 Å². The van der Waals surface area contributed by atoms with Gasteiger partial charge in [0, 0.05) is 18.4 Å². The number of anilines is 1. The minimum Gasteiger partial charge on any atom is -0.480 e. The zero-order valence-electron chi connectivity index (χ0n) is 16.2. The number of hydrazone groups is 1. The van der Waals surface area contributed by atoms with E-state index in [2.05, 4.69) is 15.1 Å². The van der Waals surface area contributed by atoms with Crippen LogP contribution in [0.3, 0.4) is 0 Å². The van der Waals surface area contributed by atoms with Gasteiger partial charge in [-0.25, -0.2) is 18.7 Å². The van der Waals surface area contributed by atoms with Crippen molar-refractivity contribution in [3.05, 3.63) is 47.8 Å². The van der Waals surface area contributed by atoms with E-state index in [-0.39, 0.29) is 30.1 Å². The van der Waals surface area contributed by atoms with Gasteiger partial charge in [0.1, 0.15) is 5.92 Å². The molecule has 1 unspecified atom stereocenters. The Bertz CT molecular complexity index is 960. The van der Waals surface area contributed by atoms with Gasteiger partial charge in [-0.15, -0.1) is 0 Å². The van der Waals surface area contributed by atoms with Crippen LogP contribution in [-0.2, 0) is 21.9 Å². The summed E-state index contributed by atoms with van der Waals surface area (Å²) < 4.78 is 32.8. The molecule has 7 nitrogen and oxygen atoms in total. The third-order valence-electron chi connectivity index (χ3n) is 4.67. The maximum absolute atomic E-state index is 13.9. The van der Waals surface area contributed by atoms with Crippen molar-refractivity contribution in [1.82, 2.24) is 9.97 Å². The topological polar surface area (TPSA) is 84.8 Å². The zero-order chi connectivity index (χ0) is 21.2. The molecule has 0 saturated carbocycles. The molecule has 29 heavy (non-hydrogen) atoms. The molecule has 1 atom stereocenters. The summed E-state index contributed by atoms with van der Waals surface area (Å²) in [6.07, 6.45) is 2.16. The number of ether oxygens (including phenoxy) is 1. The van der Waals surface area contributed by atoms with Gasteiger partial charge < -0.3 is 4.74 Å². The van der Waals surface area contributed by atoms with Gasteiger partial charge in [-0.3, -0.25) is 9.59 Å². The maximum atomic E-state index is 13.9. The fraction of sp³-hybridized carbons (Fsp3) is 0.350. The highest BCUT2D eigenvalue weighted by atomic mass is 19.3. The minimum atomic E-state index is -2.97. The van der Waals surface area contributed by atoms with Crippen LogP contribution in [0.2, 0.25) is 0 Å². The molecule has 1 aromatic carbocycles. The lowest BCUT2D eigenvalue weighted by Crippen LogP contribution is -2.34. The number of rotatable bonds is 7. The Morgan fingerprint density at radius 1 is 1.28 bits per heavy atom. The number of methoxy groups -OCH3 is 1. The number of carbonyl (C=O) groups excluding carboxylic acids is 2. The number of amides is 1. The number of aromatic nitrogens is 2. The van der Waals surface area contributed by atoms with E-state index in [4.69, 9.17) is 4.74 Å². The second kappa shape index (κ2) is 8.02. The molecular formula is C20H20F2N4O3. The first-order chi connectivity index (χ1) is 13.8. The van der Waals surface area contributed by atoms with Gasteiger partial charge >= 0.3 is 0 Å². The van der Waals surface area contributed by atoms with Crippen LogP contribution in [0.5, 0.6) is 5.88 Å². The van der Waals surface area contributed by atoms with Gasteiger partial charge in [-0.1, -0.05) is 25.1 Å². The summed E-state index contributed by atoms with van der Waals surface area (Å²) in [5.41, 5.74) is 0.583. The summed E-state index contributed by atoms with van der Waals surface area (Å²) in [4.78, 5) is 33.6. The molecule has 0 N–H and O–H groups in total. The standard InChI is InChI=1S/C20H20F2N4O3/c1-4-20(21,22)14-7-5-6-13(8-14)9-15(27)18-12(2)25-26(19(18)28)16-10-24-17(29-3)11-23-16/h5-8,10-11,18H,4,9H2,1-3H3. The monoisotopic (exact) mass is 402 g/mol. The Morgan fingerprint density at radius 3 is 2.66 bits per heavy atom. The molecule has 0 fully saturated rings. The highest BCUT2D eigenvalue weighted by Crippen LogP contribution is 2.32. The Labute approximate surface area is 166 Å². The van der Waals surface area contributed by atoms with Crippen molar-refractivity contribution in [3.63, 3.8) is 0 Å². The lowest BCUT2D eigenvalue weighted by molar-refractivity contribution is -0.128. The van der Waals surface area contributed by atoms with E-state index >= 15 is 0 Å². The van der Waals surface area contributed by atoms with E-state index < -0.39 is 23.5 Å². The number of halogens is 2. The highest BCUT2D eigenvalue weighted by molar-refractivity contribution is 6.27. The molecule has 9 heteroatoms. The van der Waals surface area contributed by atoms with E-state index in [1.54, 1.807) is 13.0 Å². The predicted octanol–water partition coefficient (Wildman–Crippen LogP) is 3.14. The number of ketones is 1. The SMILES string of the molecule is CCC(F)(F)c1cccc(CC(=O)C2C(=O)N(c3cnc(OC)cn3)N=C2C)c1. The summed E-state index contributed by atoms with van der Waals surface area (Å²) in [5, 5.41) is 5.15. The van der Waals surface area contributed by atoms with Crippen molar-refractivity contribution in [2.45, 2.75) is 32.6 Å². The lowest BCUT2D eigenvalue weighted by Gasteiger charge is -2.16. The van der Waals surface area contributed by atoms with Gasteiger partial charge in [-0.05, 0) is 18.6 Å². The fourth-order valence-corrected chi connectivity index (χ4v) is 3.04. The van der Waals surface area contributed by atoms with Crippen LogP contribution in [0.1, 0.15) is 31.4 Å². The lowest BCUT2D eigenvalue weighted by atomic mass is 9.93. The molecule has 0 bridgehead atoms. The van der Waals surface area contributed by atoms with Crippen LogP contribution in [0.25, 0.3) is 0 Å². The largest absolute Gasteiger partial charge is 0.480 e. The molecule has 0 aliphatic carbocycles. The summed E-state index contributed by atoms with van der Waals surface area (Å²) in [7, 11) is 1.44. The summed E-state index contributed by atoms with van der Waals surface area (Å²) in [5.74, 6) is -4.59. The number of nitrogens with zero attached hydrogens (tertiary/aromatic N) is 4. The normalized spacial score (nSPS) is 16.7. The molecule has 1 aliphatic rings.